The van der Waals surface area contributed by atoms with Gasteiger partial charge in [-0.1, -0.05) is 70.7 Å². The minimum Gasteiger partial charge on any atom is -0.490 e. The second-order valence-corrected chi connectivity index (χ2v) is 21.5. The van der Waals surface area contributed by atoms with Gasteiger partial charge in [0.05, 0.1) is 25.0 Å². The molecule has 4 aliphatic rings. The van der Waals surface area contributed by atoms with Gasteiger partial charge in [-0.2, -0.15) is 0 Å². The van der Waals surface area contributed by atoms with Crippen molar-refractivity contribution in [3.8, 4) is 11.5 Å². The molecule has 4 saturated heterocycles. The number of hydrogen-bond donors (Lipinski definition) is 2. The summed E-state index contributed by atoms with van der Waals surface area (Å²) in [6.45, 7) is 9.30. The predicted octanol–water partition coefficient (Wildman–Crippen LogP) is 10.6. The summed E-state index contributed by atoms with van der Waals surface area (Å²) in [4.78, 5) is 33.2. The fraction of sp³-hybridized carbons (Fsp3) is 0.480. The first-order valence-electron chi connectivity index (χ1n) is 23.4. The van der Waals surface area contributed by atoms with E-state index in [9.17, 15) is 27.5 Å². The minimum absolute atomic E-state index is 0. The number of nitrogens with zero attached hydrogens (tertiary/aromatic N) is 4. The Morgan fingerprint density at radius 1 is 0.721 bits per heavy atom. The number of nitrogens with one attached hydrogen (secondary N) is 1. The summed E-state index contributed by atoms with van der Waals surface area (Å²) >= 11 is 24.1. The average Bonchev–Trinajstić information content (AvgIpc) is 3.32. The molecule has 18 heteroatoms. The molecule has 8 rings (SSSR count). The van der Waals surface area contributed by atoms with Gasteiger partial charge in [-0.05, 0) is 143 Å². The number of aliphatic carboxylic acids is 1. The maximum Gasteiger partial charge on any atom is 0.331 e. The molecule has 4 aromatic rings. The lowest BCUT2D eigenvalue weighted by molar-refractivity contribution is -0.144. The molecule has 0 saturated carbocycles. The number of carbonyl (C=O) groups excluding carboxylic acids is 1. The van der Waals surface area contributed by atoms with Crippen LogP contribution in [0, 0.1) is 18.7 Å². The lowest BCUT2D eigenvalue weighted by Gasteiger charge is -2.41. The van der Waals surface area contributed by atoms with Gasteiger partial charge in [0, 0.05) is 66.8 Å². The van der Waals surface area contributed by atoms with E-state index < -0.39 is 28.1 Å². The Labute approximate surface area is 422 Å². The van der Waals surface area contributed by atoms with Crippen molar-refractivity contribution in [2.45, 2.75) is 93.9 Å². The fourth-order valence-corrected chi connectivity index (χ4v) is 11.2. The van der Waals surface area contributed by atoms with Crippen molar-refractivity contribution < 1.29 is 39.8 Å². The van der Waals surface area contributed by atoms with E-state index in [1.807, 2.05) is 25.1 Å². The van der Waals surface area contributed by atoms with E-state index in [1.54, 1.807) is 53.4 Å². The molecule has 2 amide bonds. The molecule has 372 valence electrons. The highest BCUT2D eigenvalue weighted by Gasteiger charge is 2.33. The lowest BCUT2D eigenvalue weighted by atomic mass is 9.93. The van der Waals surface area contributed by atoms with E-state index in [1.165, 1.54) is 18.2 Å². The van der Waals surface area contributed by atoms with E-state index in [0.29, 0.717) is 51.6 Å². The normalized spacial score (nSPS) is 19.2. The number of carboxylic acid groups (broad SMARTS) is 1. The number of amides is 2. The fourth-order valence-electron chi connectivity index (χ4n) is 9.54. The highest BCUT2D eigenvalue weighted by Crippen LogP contribution is 2.31. The maximum absolute atomic E-state index is 13.2. The van der Waals surface area contributed by atoms with Crippen LogP contribution >= 0.6 is 46.4 Å². The molecule has 0 aliphatic carbocycles. The van der Waals surface area contributed by atoms with Crippen molar-refractivity contribution >= 4 is 68.4 Å². The number of urea groups is 1. The summed E-state index contributed by atoms with van der Waals surface area (Å²) in [5.41, 5.74) is 1.67. The lowest BCUT2D eigenvalue weighted by Crippen LogP contribution is -2.52. The van der Waals surface area contributed by atoms with Crippen LogP contribution < -0.4 is 14.2 Å². The van der Waals surface area contributed by atoms with Crippen LogP contribution in [-0.2, 0) is 21.2 Å². The quantitative estimate of drug-likeness (QED) is 0.133. The highest BCUT2D eigenvalue weighted by atomic mass is 35.5. The van der Waals surface area contributed by atoms with Crippen molar-refractivity contribution in [3.63, 3.8) is 0 Å². The topological polar surface area (TPSA) is 132 Å². The molecule has 0 unspecified atom stereocenters. The number of carboxylic acids is 1. The van der Waals surface area contributed by atoms with Crippen LogP contribution in [0.15, 0.2) is 89.8 Å². The molecule has 0 radical (unpaired) electrons. The number of rotatable bonds is 13. The molecule has 12 nitrogen and oxygen atoms in total. The Balaban J connectivity index is 0.000000254. The van der Waals surface area contributed by atoms with Crippen molar-refractivity contribution in [2.24, 2.45) is 5.92 Å². The van der Waals surface area contributed by atoms with Crippen LogP contribution in [0.3, 0.4) is 0 Å². The van der Waals surface area contributed by atoms with E-state index in [2.05, 4.69) is 19.4 Å². The standard InChI is InChI=1S/C26H31Cl2FN2O3.C24H29Cl2N3O4S.2H2/c27-23-6-5-22(16-24(23)28)34-21-9-11-30(12-10-21)17-19-7-13-31(14-8-19)25(26(32)33)15-18-1-3-20(29)4-2-18;1-17-3-2-4-21(15-17)34(31,32)27-24(30)29-11-7-18(8-12-29)28-13-9-19(10-14-28)33-20-5-6-22(25)23(26)16-20;;/h1-6,16,19,21,25H,7-15,17H2,(H,32,33);2-6,15-16,18-19H,7-14H2,1H3,(H,27,30);2*1H/t25-;;;/m0.../s1. The van der Waals surface area contributed by atoms with E-state index in [-0.39, 0.29) is 25.8 Å². The van der Waals surface area contributed by atoms with Gasteiger partial charge in [-0.15, -0.1) is 0 Å². The van der Waals surface area contributed by atoms with Gasteiger partial charge in [0.15, 0.2) is 0 Å². The monoisotopic (exact) mass is 1040 g/mol. The van der Waals surface area contributed by atoms with Crippen LogP contribution in [0.25, 0.3) is 0 Å². The number of benzene rings is 4. The molecule has 4 aliphatic heterocycles. The van der Waals surface area contributed by atoms with Gasteiger partial charge in [-0.25, -0.2) is 22.3 Å². The van der Waals surface area contributed by atoms with Crippen molar-refractivity contribution in [1.82, 2.24) is 24.3 Å². The molecule has 2 N–H and O–H groups in total. The Bertz CT molecular complexity index is 2440. The minimum atomic E-state index is -3.88. The summed E-state index contributed by atoms with van der Waals surface area (Å²) in [5.74, 6) is 0.943. The highest BCUT2D eigenvalue weighted by molar-refractivity contribution is 7.90. The number of sulfonamides is 1. The van der Waals surface area contributed by atoms with Crippen molar-refractivity contribution in [1.29, 1.82) is 0 Å². The smallest absolute Gasteiger partial charge is 0.331 e. The van der Waals surface area contributed by atoms with Crippen LogP contribution in [-0.4, -0.2) is 128 Å². The number of halogens is 5. The number of carbonyl (C=O) groups is 2. The molecule has 0 bridgehead atoms. The molecule has 1 atom stereocenters. The first kappa shape index (κ1) is 52.0. The number of ether oxygens (including phenoxy) is 2. The average molecular weight is 1040 g/mol. The molecule has 0 spiro atoms. The zero-order valence-corrected chi connectivity index (χ0v) is 42.0. The first-order chi connectivity index (χ1) is 32.6. The predicted molar refractivity (Wildman–Crippen MR) is 270 cm³/mol. The second kappa shape index (κ2) is 24.3. The summed E-state index contributed by atoms with van der Waals surface area (Å²) in [5, 5.41) is 11.8. The van der Waals surface area contributed by atoms with E-state index in [4.69, 9.17) is 55.9 Å². The number of hydrogen-bond acceptors (Lipinski definition) is 9. The zero-order valence-electron chi connectivity index (χ0n) is 38.2. The third kappa shape index (κ3) is 14.8. The van der Waals surface area contributed by atoms with Crippen molar-refractivity contribution in [2.75, 3.05) is 58.9 Å². The molecule has 0 aromatic heterocycles. The van der Waals surface area contributed by atoms with Gasteiger partial charge < -0.3 is 24.4 Å². The second-order valence-electron chi connectivity index (χ2n) is 18.2. The van der Waals surface area contributed by atoms with Gasteiger partial charge >= 0.3 is 12.0 Å². The Morgan fingerprint density at radius 2 is 1.28 bits per heavy atom. The Hall–Kier alpha value is -3.86. The third-order valence-electron chi connectivity index (χ3n) is 13.4. The molecular weight excluding hydrogens is 975 g/mol. The van der Waals surface area contributed by atoms with Gasteiger partial charge in [-0.3, -0.25) is 14.6 Å². The first-order valence-corrected chi connectivity index (χ1v) is 26.4. The Morgan fingerprint density at radius 3 is 1.81 bits per heavy atom. The Kier molecular flexibility index (Phi) is 18.6. The van der Waals surface area contributed by atoms with Gasteiger partial charge in [0.2, 0.25) is 0 Å². The molecule has 68 heavy (non-hydrogen) atoms. The summed E-state index contributed by atoms with van der Waals surface area (Å²) < 4.78 is 52.7. The number of aryl methyl sites for hydroxylation is 1. The van der Waals surface area contributed by atoms with Crippen LogP contribution in [0.1, 0.15) is 65.3 Å². The summed E-state index contributed by atoms with van der Waals surface area (Å²) in [7, 11) is -3.88. The van der Waals surface area contributed by atoms with Crippen molar-refractivity contribution in [3.05, 3.63) is 122 Å². The van der Waals surface area contributed by atoms with Gasteiger partial charge in [0.25, 0.3) is 10.0 Å². The summed E-state index contributed by atoms with van der Waals surface area (Å²) in [6.07, 6.45) is 8.09. The number of piperidine rings is 4. The number of likely N-dealkylation sites (tertiary alicyclic amines) is 4. The van der Waals surface area contributed by atoms with Crippen LogP contribution in [0.4, 0.5) is 9.18 Å². The molecule has 4 aromatic carbocycles. The zero-order chi connectivity index (χ0) is 48.4. The third-order valence-corrected chi connectivity index (χ3v) is 16.2. The van der Waals surface area contributed by atoms with E-state index in [0.717, 1.165) is 120 Å². The van der Waals surface area contributed by atoms with Crippen LogP contribution in [0.5, 0.6) is 11.5 Å². The summed E-state index contributed by atoms with van der Waals surface area (Å²) in [6, 6.07) is 22.6. The van der Waals surface area contributed by atoms with Gasteiger partial charge in [0.1, 0.15) is 35.6 Å². The molecular formula is C50H64Cl4FN5O7S. The molecule has 4 fully saturated rings. The molecule has 4 heterocycles. The largest absolute Gasteiger partial charge is 0.490 e. The SMILES string of the molecule is Cc1cccc(S(=O)(=O)NC(=O)N2CCC(N3CCC(Oc4ccc(Cl)c(Cl)c4)CC3)CC2)c1.O=C(O)[C@H](Cc1ccc(F)cc1)N1CCC(CN2CCC(Oc3ccc(Cl)c(Cl)c3)CC2)CC1.[HH].[HH]. The van der Waals surface area contributed by atoms with Crippen LogP contribution in [0.2, 0.25) is 20.1 Å². The van der Waals surface area contributed by atoms with E-state index >= 15 is 0 Å². The maximum atomic E-state index is 13.2.